The van der Waals surface area contributed by atoms with Crippen LogP contribution in [0.15, 0.2) is 69.1 Å². The molecule has 2 aromatic carbocycles. The molecule has 4 aromatic rings. The Hall–Kier alpha value is -3.39. The minimum absolute atomic E-state index is 0.0650. The van der Waals surface area contributed by atoms with Crippen molar-refractivity contribution in [2.45, 2.75) is 38.3 Å². The molecule has 0 spiro atoms. The van der Waals surface area contributed by atoms with Crippen LogP contribution in [-0.2, 0) is 4.79 Å². The molecule has 4 rings (SSSR count). The second-order valence-corrected chi connectivity index (χ2v) is 8.56. The number of anilines is 1. The Bertz CT molecular complexity index is 1310. The summed E-state index contributed by atoms with van der Waals surface area (Å²) in [6, 6.07) is 16.8. The number of aromatic nitrogens is 3. The molecular weight excluding hydrogens is 424 g/mol. The number of carbonyl (C=O) groups is 1. The topological polar surface area (TPSA) is 90.0 Å². The van der Waals surface area contributed by atoms with E-state index in [1.807, 2.05) is 36.4 Å². The Morgan fingerprint density at radius 1 is 1.19 bits per heavy atom. The lowest BCUT2D eigenvalue weighted by Gasteiger charge is -2.15. The lowest BCUT2D eigenvalue weighted by molar-refractivity contribution is -0.113. The standard InChI is InChI=1S/C24H24N4O3S/c1-4-15(2)17-9-11-18(12-10-17)28-23(30)19-7-5-6-8-20(19)25-24(28)32-14-21(29)26-22-13-16(3)27-31-22/h5-13,15H,4,14H2,1-3H3,(H,26,29). The zero-order valence-corrected chi connectivity index (χ0v) is 19.0. The normalized spacial score (nSPS) is 12.1. The number of para-hydroxylation sites is 1. The fraction of sp³-hybridized carbons (Fsp3) is 0.250. The minimum atomic E-state index is -0.271. The maximum Gasteiger partial charge on any atom is 0.266 e. The highest BCUT2D eigenvalue weighted by atomic mass is 32.2. The number of thioether (sulfide) groups is 1. The zero-order valence-electron chi connectivity index (χ0n) is 18.2. The van der Waals surface area contributed by atoms with Gasteiger partial charge in [0.1, 0.15) is 0 Å². The molecular formula is C24H24N4O3S. The number of benzene rings is 2. The molecule has 0 aliphatic heterocycles. The van der Waals surface area contributed by atoms with Crippen LogP contribution in [0.25, 0.3) is 16.6 Å². The molecule has 0 radical (unpaired) electrons. The molecule has 0 bridgehead atoms. The van der Waals surface area contributed by atoms with Crippen molar-refractivity contribution < 1.29 is 9.32 Å². The molecule has 0 saturated carbocycles. The van der Waals surface area contributed by atoms with Crippen molar-refractivity contribution in [3.8, 4) is 5.69 Å². The van der Waals surface area contributed by atoms with E-state index in [2.05, 4.69) is 29.3 Å². The molecule has 1 N–H and O–H groups in total. The highest BCUT2D eigenvalue weighted by molar-refractivity contribution is 7.99. The summed E-state index contributed by atoms with van der Waals surface area (Å²) in [5.41, 5.74) is 3.04. The summed E-state index contributed by atoms with van der Waals surface area (Å²) in [5, 5.41) is 7.41. The quantitative estimate of drug-likeness (QED) is 0.319. The average Bonchev–Trinajstić information content (AvgIpc) is 3.21. The van der Waals surface area contributed by atoms with E-state index in [1.54, 1.807) is 29.7 Å². The van der Waals surface area contributed by atoms with E-state index in [4.69, 9.17) is 4.52 Å². The molecule has 0 aliphatic carbocycles. The number of aryl methyl sites for hydroxylation is 1. The van der Waals surface area contributed by atoms with E-state index in [0.717, 1.165) is 6.42 Å². The summed E-state index contributed by atoms with van der Waals surface area (Å²) in [5.74, 6) is 0.521. The molecule has 0 saturated heterocycles. The molecule has 1 amide bonds. The molecule has 0 fully saturated rings. The van der Waals surface area contributed by atoms with Crippen molar-refractivity contribution in [3.05, 3.63) is 76.2 Å². The summed E-state index contributed by atoms with van der Waals surface area (Å²) in [6.07, 6.45) is 1.04. The average molecular weight is 449 g/mol. The number of nitrogens with one attached hydrogen (secondary N) is 1. The Balaban J connectivity index is 1.67. The number of amides is 1. The minimum Gasteiger partial charge on any atom is -0.338 e. The molecule has 8 heteroatoms. The van der Waals surface area contributed by atoms with Gasteiger partial charge in [-0.25, -0.2) is 4.98 Å². The van der Waals surface area contributed by atoms with Crippen LogP contribution in [0.2, 0.25) is 0 Å². The van der Waals surface area contributed by atoms with Crippen molar-refractivity contribution >= 4 is 34.5 Å². The van der Waals surface area contributed by atoms with Crippen LogP contribution < -0.4 is 10.9 Å². The largest absolute Gasteiger partial charge is 0.338 e. The van der Waals surface area contributed by atoms with Gasteiger partial charge in [0.15, 0.2) is 5.16 Å². The monoisotopic (exact) mass is 448 g/mol. The molecule has 1 atom stereocenters. The number of hydrogen-bond acceptors (Lipinski definition) is 6. The van der Waals surface area contributed by atoms with Crippen LogP contribution in [0.3, 0.4) is 0 Å². The van der Waals surface area contributed by atoms with Crippen molar-refractivity contribution in [1.82, 2.24) is 14.7 Å². The summed E-state index contributed by atoms with van der Waals surface area (Å²) in [4.78, 5) is 30.4. The summed E-state index contributed by atoms with van der Waals surface area (Å²) < 4.78 is 6.60. The van der Waals surface area contributed by atoms with Crippen LogP contribution >= 0.6 is 11.8 Å². The third-order valence-electron chi connectivity index (χ3n) is 5.30. The van der Waals surface area contributed by atoms with Gasteiger partial charge in [0.05, 0.1) is 28.0 Å². The van der Waals surface area contributed by atoms with Crippen LogP contribution in [0.1, 0.15) is 37.4 Å². The second-order valence-electron chi connectivity index (χ2n) is 7.62. The van der Waals surface area contributed by atoms with Crippen LogP contribution in [0.5, 0.6) is 0 Å². The first-order chi connectivity index (χ1) is 15.5. The molecule has 1 unspecified atom stereocenters. The molecule has 0 aliphatic rings. The fourth-order valence-corrected chi connectivity index (χ4v) is 4.16. The van der Waals surface area contributed by atoms with Gasteiger partial charge < -0.3 is 4.52 Å². The Morgan fingerprint density at radius 3 is 2.62 bits per heavy atom. The van der Waals surface area contributed by atoms with Gasteiger partial charge in [-0.15, -0.1) is 0 Å². The Kier molecular flexibility index (Phi) is 6.41. The van der Waals surface area contributed by atoms with Crippen molar-refractivity contribution in [3.63, 3.8) is 0 Å². The van der Waals surface area contributed by atoms with Gasteiger partial charge in [0.25, 0.3) is 5.56 Å². The lowest BCUT2D eigenvalue weighted by Crippen LogP contribution is -2.23. The summed E-state index contributed by atoms with van der Waals surface area (Å²) in [7, 11) is 0. The smallest absolute Gasteiger partial charge is 0.266 e. The van der Waals surface area contributed by atoms with E-state index in [1.165, 1.54) is 17.3 Å². The van der Waals surface area contributed by atoms with Crippen LogP contribution in [-0.4, -0.2) is 26.4 Å². The highest BCUT2D eigenvalue weighted by Crippen LogP contribution is 2.24. The molecule has 2 aromatic heterocycles. The van der Waals surface area contributed by atoms with E-state index in [9.17, 15) is 9.59 Å². The maximum atomic E-state index is 13.3. The predicted octanol–water partition coefficient (Wildman–Crippen LogP) is 4.93. The van der Waals surface area contributed by atoms with Crippen molar-refractivity contribution in [1.29, 1.82) is 0 Å². The number of fused-ring (bicyclic) bond motifs is 1. The van der Waals surface area contributed by atoms with E-state index >= 15 is 0 Å². The Morgan fingerprint density at radius 2 is 1.94 bits per heavy atom. The maximum absolute atomic E-state index is 13.3. The Labute approximate surface area is 189 Å². The van der Waals surface area contributed by atoms with Gasteiger partial charge in [0.2, 0.25) is 11.8 Å². The predicted molar refractivity (Wildman–Crippen MR) is 127 cm³/mol. The summed E-state index contributed by atoms with van der Waals surface area (Å²) in [6.45, 7) is 6.10. The van der Waals surface area contributed by atoms with E-state index in [0.29, 0.717) is 33.4 Å². The zero-order chi connectivity index (χ0) is 22.7. The van der Waals surface area contributed by atoms with Gasteiger partial charge in [-0.2, -0.15) is 0 Å². The van der Waals surface area contributed by atoms with Crippen molar-refractivity contribution in [2.24, 2.45) is 0 Å². The van der Waals surface area contributed by atoms with Gasteiger partial charge in [-0.3, -0.25) is 19.5 Å². The van der Waals surface area contributed by atoms with E-state index < -0.39 is 0 Å². The van der Waals surface area contributed by atoms with Gasteiger partial charge in [-0.05, 0) is 49.1 Å². The van der Waals surface area contributed by atoms with Gasteiger partial charge in [-0.1, -0.05) is 55.0 Å². The molecule has 2 heterocycles. The molecule has 164 valence electrons. The lowest BCUT2D eigenvalue weighted by atomic mass is 9.98. The third kappa shape index (κ3) is 4.60. The van der Waals surface area contributed by atoms with Crippen LogP contribution in [0, 0.1) is 6.92 Å². The first-order valence-electron chi connectivity index (χ1n) is 10.4. The van der Waals surface area contributed by atoms with E-state index in [-0.39, 0.29) is 23.1 Å². The number of nitrogens with zero attached hydrogens (tertiary/aromatic N) is 3. The number of carbonyl (C=O) groups excluding carboxylic acids is 1. The number of hydrogen-bond donors (Lipinski definition) is 1. The molecule has 32 heavy (non-hydrogen) atoms. The van der Waals surface area contributed by atoms with Crippen molar-refractivity contribution in [2.75, 3.05) is 11.1 Å². The van der Waals surface area contributed by atoms with Crippen LogP contribution in [0.4, 0.5) is 5.88 Å². The van der Waals surface area contributed by atoms with Gasteiger partial charge >= 0.3 is 0 Å². The number of rotatable bonds is 7. The first kappa shape index (κ1) is 21.8. The second kappa shape index (κ2) is 9.40. The third-order valence-corrected chi connectivity index (χ3v) is 6.24. The SMILES string of the molecule is CCC(C)c1ccc(-n2c(SCC(=O)Nc3cc(C)no3)nc3ccccc3c2=O)cc1. The molecule has 7 nitrogen and oxygen atoms in total. The highest BCUT2D eigenvalue weighted by Gasteiger charge is 2.16. The first-order valence-corrected chi connectivity index (χ1v) is 11.4. The van der Waals surface area contributed by atoms with Gasteiger partial charge in [0, 0.05) is 6.07 Å². The fourth-order valence-electron chi connectivity index (χ4n) is 3.35. The summed E-state index contributed by atoms with van der Waals surface area (Å²) >= 11 is 1.20.